The number of hydrogen-bond donors (Lipinski definition) is 1. The lowest BCUT2D eigenvalue weighted by Crippen LogP contribution is -2.50. The first-order chi connectivity index (χ1) is 14.4. The fraction of sp³-hybridized carbons (Fsp3) is 0.450. The molecule has 1 N–H and O–H groups in total. The van der Waals surface area contributed by atoms with Crippen LogP contribution in [0.25, 0.3) is 0 Å². The summed E-state index contributed by atoms with van der Waals surface area (Å²) in [6.45, 7) is 6.64. The Morgan fingerprint density at radius 1 is 1.23 bits per heavy atom. The highest BCUT2D eigenvalue weighted by Crippen LogP contribution is 2.37. The third-order valence-corrected chi connectivity index (χ3v) is 5.28. The first kappa shape index (κ1) is 22.1. The molecule has 0 atom stereocenters. The Morgan fingerprint density at radius 2 is 1.97 bits per heavy atom. The minimum Gasteiger partial charge on any atom is -0.493 e. The SMILES string of the molecule is CCOc1c(Br)cc(C(=O)N2CCN(CC(=O)Nc3cc(C)on3)CC2)cc1OC. The number of ether oxygens (including phenoxy) is 2. The molecule has 0 saturated carbocycles. The molecule has 0 aliphatic carbocycles. The summed E-state index contributed by atoms with van der Waals surface area (Å²) in [7, 11) is 1.54. The minimum atomic E-state index is -0.164. The molecule has 2 amide bonds. The van der Waals surface area contributed by atoms with Crippen LogP contribution in [0.2, 0.25) is 0 Å². The summed E-state index contributed by atoms with van der Waals surface area (Å²) in [5.74, 6) is 1.88. The van der Waals surface area contributed by atoms with Gasteiger partial charge in [-0.1, -0.05) is 5.16 Å². The van der Waals surface area contributed by atoms with Crippen molar-refractivity contribution in [3.63, 3.8) is 0 Å². The molecule has 1 aromatic heterocycles. The van der Waals surface area contributed by atoms with Crippen molar-refractivity contribution in [2.24, 2.45) is 0 Å². The van der Waals surface area contributed by atoms with E-state index in [4.69, 9.17) is 14.0 Å². The number of rotatable bonds is 7. The number of methoxy groups -OCH3 is 1. The van der Waals surface area contributed by atoms with Crippen LogP contribution in [-0.2, 0) is 4.79 Å². The number of nitrogens with zero attached hydrogens (tertiary/aromatic N) is 3. The molecule has 10 heteroatoms. The average molecular weight is 481 g/mol. The van der Waals surface area contributed by atoms with E-state index in [9.17, 15) is 9.59 Å². The highest BCUT2D eigenvalue weighted by Gasteiger charge is 2.25. The van der Waals surface area contributed by atoms with E-state index in [0.29, 0.717) is 65.9 Å². The van der Waals surface area contributed by atoms with Crippen LogP contribution in [-0.4, -0.2) is 73.2 Å². The molecule has 0 bridgehead atoms. The number of hydrogen-bond acceptors (Lipinski definition) is 7. The average Bonchev–Trinajstić information content (AvgIpc) is 3.13. The van der Waals surface area contributed by atoms with Crippen LogP contribution in [0.1, 0.15) is 23.0 Å². The van der Waals surface area contributed by atoms with Crippen LogP contribution < -0.4 is 14.8 Å². The Morgan fingerprint density at radius 3 is 2.57 bits per heavy atom. The Bertz CT molecular complexity index is 909. The van der Waals surface area contributed by atoms with Gasteiger partial charge in [-0.25, -0.2) is 0 Å². The second-order valence-corrected chi connectivity index (χ2v) is 7.72. The number of amides is 2. The molecule has 1 aromatic carbocycles. The standard InChI is InChI=1S/C20H25BrN4O5/c1-4-29-19-15(21)10-14(11-16(19)28-3)20(27)25-7-5-24(6-8-25)12-18(26)22-17-9-13(2)30-23-17/h9-11H,4-8,12H2,1-3H3,(H,22,23,26). The fourth-order valence-corrected chi connectivity index (χ4v) is 3.79. The van der Waals surface area contributed by atoms with Crippen molar-refractivity contribution in [1.82, 2.24) is 15.0 Å². The van der Waals surface area contributed by atoms with E-state index in [0.717, 1.165) is 0 Å². The number of nitrogens with one attached hydrogen (secondary N) is 1. The van der Waals surface area contributed by atoms with Crippen LogP contribution in [0.5, 0.6) is 11.5 Å². The van der Waals surface area contributed by atoms with Crippen molar-refractivity contribution in [3.8, 4) is 11.5 Å². The topological polar surface area (TPSA) is 97.1 Å². The quantitative estimate of drug-likeness (QED) is 0.649. The van der Waals surface area contributed by atoms with E-state index in [2.05, 4.69) is 26.4 Å². The number of halogens is 1. The van der Waals surface area contributed by atoms with Gasteiger partial charge in [0.2, 0.25) is 5.91 Å². The maximum atomic E-state index is 13.0. The largest absolute Gasteiger partial charge is 0.493 e. The lowest BCUT2D eigenvalue weighted by atomic mass is 10.1. The Balaban J connectivity index is 1.56. The molecule has 30 heavy (non-hydrogen) atoms. The van der Waals surface area contributed by atoms with Crippen LogP contribution in [0.4, 0.5) is 5.82 Å². The van der Waals surface area contributed by atoms with Gasteiger partial charge in [-0.2, -0.15) is 0 Å². The van der Waals surface area contributed by atoms with Crippen molar-refractivity contribution < 1.29 is 23.6 Å². The summed E-state index contributed by atoms with van der Waals surface area (Å²) >= 11 is 3.46. The summed E-state index contributed by atoms with van der Waals surface area (Å²) in [5.41, 5.74) is 0.523. The summed E-state index contributed by atoms with van der Waals surface area (Å²) in [6, 6.07) is 5.10. The van der Waals surface area contributed by atoms with Gasteiger partial charge in [0.25, 0.3) is 5.91 Å². The number of piperazine rings is 1. The lowest BCUT2D eigenvalue weighted by Gasteiger charge is -2.34. The van der Waals surface area contributed by atoms with E-state index in [1.807, 2.05) is 11.8 Å². The van der Waals surface area contributed by atoms with Gasteiger partial charge < -0.3 is 24.2 Å². The summed E-state index contributed by atoms with van der Waals surface area (Å²) in [4.78, 5) is 28.9. The number of carbonyl (C=O) groups is 2. The molecule has 0 spiro atoms. The van der Waals surface area contributed by atoms with Crippen molar-refractivity contribution in [3.05, 3.63) is 34.0 Å². The predicted octanol–water partition coefficient (Wildman–Crippen LogP) is 2.55. The van der Waals surface area contributed by atoms with Crippen molar-refractivity contribution >= 4 is 33.6 Å². The van der Waals surface area contributed by atoms with Gasteiger partial charge in [0, 0.05) is 37.8 Å². The minimum absolute atomic E-state index is 0.0841. The predicted molar refractivity (Wildman–Crippen MR) is 114 cm³/mol. The Hall–Kier alpha value is -2.59. The van der Waals surface area contributed by atoms with Gasteiger partial charge in [0.15, 0.2) is 17.3 Å². The van der Waals surface area contributed by atoms with E-state index in [-0.39, 0.29) is 18.4 Å². The summed E-state index contributed by atoms with van der Waals surface area (Å²) in [5, 5.41) is 6.46. The van der Waals surface area contributed by atoms with Gasteiger partial charge >= 0.3 is 0 Å². The molecule has 1 saturated heterocycles. The molecule has 3 rings (SSSR count). The lowest BCUT2D eigenvalue weighted by molar-refractivity contribution is -0.117. The molecule has 9 nitrogen and oxygen atoms in total. The summed E-state index contributed by atoms with van der Waals surface area (Å²) in [6.07, 6.45) is 0. The maximum absolute atomic E-state index is 13.0. The van der Waals surface area contributed by atoms with E-state index in [1.165, 1.54) is 0 Å². The third kappa shape index (κ3) is 5.31. The Kier molecular flexibility index (Phi) is 7.33. The van der Waals surface area contributed by atoms with E-state index < -0.39 is 0 Å². The Labute approximate surface area is 183 Å². The number of benzene rings is 1. The monoisotopic (exact) mass is 480 g/mol. The smallest absolute Gasteiger partial charge is 0.254 e. The van der Waals surface area contributed by atoms with Crippen LogP contribution in [0.3, 0.4) is 0 Å². The molecule has 2 aromatic rings. The second-order valence-electron chi connectivity index (χ2n) is 6.86. The number of carbonyl (C=O) groups excluding carboxylic acids is 2. The fourth-order valence-electron chi connectivity index (χ4n) is 3.23. The van der Waals surface area contributed by atoms with Gasteiger partial charge in [0.1, 0.15) is 5.76 Å². The highest BCUT2D eigenvalue weighted by molar-refractivity contribution is 9.10. The van der Waals surface area contributed by atoms with Gasteiger partial charge in [-0.3, -0.25) is 14.5 Å². The van der Waals surface area contributed by atoms with Gasteiger partial charge in [0.05, 0.1) is 24.7 Å². The second kappa shape index (κ2) is 9.94. The summed E-state index contributed by atoms with van der Waals surface area (Å²) < 4.78 is 16.6. The van der Waals surface area contributed by atoms with Gasteiger partial charge in [-0.05, 0) is 41.9 Å². The van der Waals surface area contributed by atoms with Crippen LogP contribution in [0, 0.1) is 6.92 Å². The number of aryl methyl sites for hydroxylation is 1. The molecule has 1 aliphatic heterocycles. The molecule has 2 heterocycles. The first-order valence-corrected chi connectivity index (χ1v) is 10.5. The van der Waals surface area contributed by atoms with Crippen LogP contribution >= 0.6 is 15.9 Å². The van der Waals surface area contributed by atoms with Crippen molar-refractivity contribution in [2.45, 2.75) is 13.8 Å². The normalized spacial score (nSPS) is 14.5. The zero-order valence-corrected chi connectivity index (χ0v) is 18.8. The molecule has 0 unspecified atom stereocenters. The molecular formula is C20H25BrN4O5. The molecule has 162 valence electrons. The van der Waals surface area contributed by atoms with Crippen LogP contribution in [0.15, 0.2) is 27.2 Å². The molecule has 0 radical (unpaired) electrons. The molecular weight excluding hydrogens is 456 g/mol. The zero-order valence-electron chi connectivity index (χ0n) is 17.2. The number of anilines is 1. The van der Waals surface area contributed by atoms with E-state index >= 15 is 0 Å². The molecule has 1 aliphatic rings. The maximum Gasteiger partial charge on any atom is 0.254 e. The molecule has 1 fully saturated rings. The highest BCUT2D eigenvalue weighted by atomic mass is 79.9. The van der Waals surface area contributed by atoms with E-state index in [1.54, 1.807) is 37.1 Å². The number of aromatic nitrogens is 1. The first-order valence-electron chi connectivity index (χ1n) is 9.66. The van der Waals surface area contributed by atoms with Gasteiger partial charge in [-0.15, -0.1) is 0 Å². The van der Waals surface area contributed by atoms with Crippen molar-refractivity contribution in [1.29, 1.82) is 0 Å². The van der Waals surface area contributed by atoms with Crippen molar-refractivity contribution in [2.75, 3.05) is 51.8 Å². The zero-order chi connectivity index (χ0) is 21.7. The third-order valence-electron chi connectivity index (χ3n) is 4.69.